The number of nitrogens with zero attached hydrogens (tertiary/aromatic N) is 1. The first kappa shape index (κ1) is 17.2. The van der Waals surface area contributed by atoms with E-state index in [4.69, 9.17) is 9.47 Å². The van der Waals surface area contributed by atoms with Gasteiger partial charge in [0.1, 0.15) is 5.69 Å². The Bertz CT molecular complexity index is 449. The second kappa shape index (κ2) is 9.18. The predicted molar refractivity (Wildman–Crippen MR) is 83.0 cm³/mol. The van der Waals surface area contributed by atoms with Crippen LogP contribution in [-0.2, 0) is 4.74 Å². The standard InChI is InChI=1S/C15H24N2O4/c1-4-21-14-8-5-7-13(15(14)17(18)19)16-9-6-10-20-11-12(2)3/h5,7-8,12,16H,4,6,9-11H2,1-3H3. The molecule has 0 atom stereocenters. The number of para-hydroxylation sites is 1. The first-order chi connectivity index (χ1) is 10.1. The molecule has 21 heavy (non-hydrogen) atoms. The first-order valence-electron chi connectivity index (χ1n) is 7.28. The Kier molecular flexibility index (Phi) is 7.53. The topological polar surface area (TPSA) is 73.6 Å². The van der Waals surface area contributed by atoms with Crippen molar-refractivity contribution in [2.45, 2.75) is 27.2 Å². The molecule has 0 unspecified atom stereocenters. The van der Waals surface area contributed by atoms with Crippen LogP contribution in [-0.4, -0.2) is 31.3 Å². The molecule has 6 nitrogen and oxygen atoms in total. The maximum Gasteiger partial charge on any atom is 0.333 e. The summed E-state index contributed by atoms with van der Waals surface area (Å²) in [6.07, 6.45) is 0.794. The van der Waals surface area contributed by atoms with Crippen LogP contribution in [0.15, 0.2) is 18.2 Å². The molecule has 1 N–H and O–H groups in total. The van der Waals surface area contributed by atoms with Crippen LogP contribution in [0.5, 0.6) is 5.75 Å². The Morgan fingerprint density at radius 1 is 1.38 bits per heavy atom. The quantitative estimate of drug-likeness (QED) is 0.406. The lowest BCUT2D eigenvalue weighted by molar-refractivity contribution is -0.384. The summed E-state index contributed by atoms with van der Waals surface area (Å²) in [5.41, 5.74) is 0.470. The third-order valence-corrected chi connectivity index (χ3v) is 2.71. The minimum atomic E-state index is -0.414. The summed E-state index contributed by atoms with van der Waals surface area (Å²) < 4.78 is 10.8. The fourth-order valence-corrected chi connectivity index (χ4v) is 1.84. The van der Waals surface area contributed by atoms with Gasteiger partial charge in [-0.15, -0.1) is 0 Å². The zero-order valence-corrected chi connectivity index (χ0v) is 12.9. The van der Waals surface area contributed by atoms with Gasteiger partial charge in [0.15, 0.2) is 5.75 Å². The molecule has 1 aromatic rings. The number of nitro groups is 1. The number of nitro benzene ring substituents is 1. The Hall–Kier alpha value is -1.82. The van der Waals surface area contributed by atoms with Crippen molar-refractivity contribution in [1.82, 2.24) is 0 Å². The molecule has 1 rings (SSSR count). The molecular formula is C15H24N2O4. The summed E-state index contributed by atoms with van der Waals surface area (Å²) in [5, 5.41) is 14.3. The monoisotopic (exact) mass is 296 g/mol. The summed E-state index contributed by atoms with van der Waals surface area (Å²) in [7, 11) is 0. The SMILES string of the molecule is CCOc1cccc(NCCCOCC(C)C)c1[N+](=O)[O-]. The van der Waals surface area contributed by atoms with E-state index in [0.29, 0.717) is 37.1 Å². The lowest BCUT2D eigenvalue weighted by Gasteiger charge is -2.11. The van der Waals surface area contributed by atoms with Crippen LogP contribution in [0.2, 0.25) is 0 Å². The lowest BCUT2D eigenvalue weighted by atomic mass is 10.2. The van der Waals surface area contributed by atoms with Crippen LogP contribution in [0.1, 0.15) is 27.2 Å². The average molecular weight is 296 g/mol. The highest BCUT2D eigenvalue weighted by Gasteiger charge is 2.20. The third-order valence-electron chi connectivity index (χ3n) is 2.71. The minimum absolute atomic E-state index is 0.0116. The Labute approximate surface area is 125 Å². The van der Waals surface area contributed by atoms with Gasteiger partial charge in [0.25, 0.3) is 0 Å². The third kappa shape index (κ3) is 5.99. The van der Waals surface area contributed by atoms with Gasteiger partial charge in [0, 0.05) is 19.8 Å². The van der Waals surface area contributed by atoms with Crippen molar-refractivity contribution in [1.29, 1.82) is 0 Å². The van der Waals surface area contributed by atoms with Gasteiger partial charge in [-0.3, -0.25) is 10.1 Å². The molecular weight excluding hydrogens is 272 g/mol. The first-order valence-corrected chi connectivity index (χ1v) is 7.28. The number of rotatable bonds is 10. The zero-order valence-electron chi connectivity index (χ0n) is 12.9. The van der Waals surface area contributed by atoms with Crippen LogP contribution in [0.4, 0.5) is 11.4 Å². The summed E-state index contributed by atoms with van der Waals surface area (Å²) in [6, 6.07) is 5.05. The highest BCUT2D eigenvalue weighted by molar-refractivity contribution is 5.68. The van der Waals surface area contributed by atoms with E-state index in [1.165, 1.54) is 0 Å². The fraction of sp³-hybridized carbons (Fsp3) is 0.600. The molecule has 1 aromatic carbocycles. The minimum Gasteiger partial charge on any atom is -0.487 e. The summed E-state index contributed by atoms with van der Waals surface area (Å²) in [6.45, 7) is 8.39. The van der Waals surface area contributed by atoms with Gasteiger partial charge in [-0.25, -0.2) is 0 Å². The van der Waals surface area contributed by atoms with Crippen LogP contribution in [0, 0.1) is 16.0 Å². The van der Waals surface area contributed by atoms with E-state index < -0.39 is 4.92 Å². The molecule has 0 aromatic heterocycles. The second-order valence-electron chi connectivity index (χ2n) is 5.09. The van der Waals surface area contributed by atoms with Crippen LogP contribution < -0.4 is 10.1 Å². The average Bonchev–Trinajstić information content (AvgIpc) is 2.42. The van der Waals surface area contributed by atoms with Crippen molar-refractivity contribution in [2.75, 3.05) is 31.7 Å². The summed E-state index contributed by atoms with van der Waals surface area (Å²) in [5.74, 6) is 0.811. The normalized spacial score (nSPS) is 10.7. The van der Waals surface area contributed by atoms with Gasteiger partial charge >= 0.3 is 5.69 Å². The van der Waals surface area contributed by atoms with Crippen molar-refractivity contribution in [3.05, 3.63) is 28.3 Å². The van der Waals surface area contributed by atoms with E-state index in [9.17, 15) is 10.1 Å². The maximum absolute atomic E-state index is 11.2. The molecule has 118 valence electrons. The molecule has 0 saturated carbocycles. The van der Waals surface area contributed by atoms with E-state index in [-0.39, 0.29) is 5.69 Å². The van der Waals surface area contributed by atoms with E-state index in [1.54, 1.807) is 25.1 Å². The number of ether oxygens (including phenoxy) is 2. The van der Waals surface area contributed by atoms with Crippen molar-refractivity contribution >= 4 is 11.4 Å². The van der Waals surface area contributed by atoms with Crippen LogP contribution in [0.25, 0.3) is 0 Å². The molecule has 0 aliphatic carbocycles. The van der Waals surface area contributed by atoms with Crippen molar-refractivity contribution in [3.63, 3.8) is 0 Å². The van der Waals surface area contributed by atoms with Gasteiger partial charge in [-0.2, -0.15) is 0 Å². The largest absolute Gasteiger partial charge is 0.487 e. The molecule has 0 amide bonds. The van der Waals surface area contributed by atoms with Gasteiger partial charge in [-0.1, -0.05) is 19.9 Å². The number of benzene rings is 1. The number of nitrogens with one attached hydrogen (secondary N) is 1. The van der Waals surface area contributed by atoms with Crippen molar-refractivity contribution in [3.8, 4) is 5.75 Å². The Balaban J connectivity index is 2.54. The smallest absolute Gasteiger partial charge is 0.333 e. The number of hydrogen-bond acceptors (Lipinski definition) is 5. The van der Waals surface area contributed by atoms with Gasteiger partial charge in [-0.05, 0) is 31.4 Å². The van der Waals surface area contributed by atoms with Crippen LogP contribution in [0.3, 0.4) is 0 Å². The molecule has 0 spiro atoms. The summed E-state index contributed by atoms with van der Waals surface area (Å²) in [4.78, 5) is 10.8. The number of hydrogen-bond donors (Lipinski definition) is 1. The lowest BCUT2D eigenvalue weighted by Crippen LogP contribution is -2.10. The summed E-state index contributed by atoms with van der Waals surface area (Å²) >= 11 is 0. The molecule has 0 heterocycles. The molecule has 0 bridgehead atoms. The maximum atomic E-state index is 11.2. The van der Waals surface area contributed by atoms with E-state index in [0.717, 1.165) is 13.0 Å². The van der Waals surface area contributed by atoms with Crippen LogP contribution >= 0.6 is 0 Å². The molecule has 0 saturated heterocycles. The molecule has 0 radical (unpaired) electrons. The highest BCUT2D eigenvalue weighted by atomic mass is 16.6. The van der Waals surface area contributed by atoms with Gasteiger partial charge in [0.2, 0.25) is 0 Å². The van der Waals surface area contributed by atoms with Gasteiger partial charge < -0.3 is 14.8 Å². The van der Waals surface area contributed by atoms with Crippen molar-refractivity contribution < 1.29 is 14.4 Å². The molecule has 0 aliphatic heterocycles. The highest BCUT2D eigenvalue weighted by Crippen LogP contribution is 2.34. The Morgan fingerprint density at radius 2 is 2.14 bits per heavy atom. The molecule has 0 fully saturated rings. The fourth-order valence-electron chi connectivity index (χ4n) is 1.84. The van der Waals surface area contributed by atoms with E-state index in [1.807, 2.05) is 0 Å². The predicted octanol–water partition coefficient (Wildman–Crippen LogP) is 3.47. The molecule has 0 aliphatic rings. The zero-order chi connectivity index (χ0) is 15.7. The van der Waals surface area contributed by atoms with Crippen molar-refractivity contribution in [2.24, 2.45) is 5.92 Å². The number of anilines is 1. The van der Waals surface area contributed by atoms with E-state index in [2.05, 4.69) is 19.2 Å². The van der Waals surface area contributed by atoms with E-state index >= 15 is 0 Å². The molecule has 6 heteroatoms. The second-order valence-corrected chi connectivity index (χ2v) is 5.09. The van der Waals surface area contributed by atoms with Gasteiger partial charge in [0.05, 0.1) is 11.5 Å². The Morgan fingerprint density at radius 3 is 2.76 bits per heavy atom.